The predicted molar refractivity (Wildman–Crippen MR) is 77.1 cm³/mol. The van der Waals surface area contributed by atoms with Crippen molar-refractivity contribution in [2.24, 2.45) is 11.8 Å². The van der Waals surface area contributed by atoms with Crippen LogP contribution >= 0.6 is 0 Å². The third-order valence-corrected chi connectivity index (χ3v) is 4.36. The number of methoxy groups -OCH3 is 1. The summed E-state index contributed by atoms with van der Waals surface area (Å²) in [5.74, 6) is 2.94. The van der Waals surface area contributed by atoms with Gasteiger partial charge in [-0.2, -0.15) is 0 Å². The Morgan fingerprint density at radius 3 is 2.39 bits per heavy atom. The van der Waals surface area contributed by atoms with Crippen molar-refractivity contribution in [3.8, 4) is 5.75 Å². The summed E-state index contributed by atoms with van der Waals surface area (Å²) in [6.45, 7) is 2.31. The molecule has 18 heavy (non-hydrogen) atoms. The zero-order chi connectivity index (χ0) is 12.8. The third kappa shape index (κ3) is 3.51. The van der Waals surface area contributed by atoms with E-state index in [0.717, 1.165) is 17.6 Å². The van der Waals surface area contributed by atoms with Crippen LogP contribution in [0.1, 0.15) is 51.0 Å². The van der Waals surface area contributed by atoms with Gasteiger partial charge in [-0.3, -0.25) is 0 Å². The van der Waals surface area contributed by atoms with Crippen molar-refractivity contribution in [1.82, 2.24) is 0 Å². The molecule has 1 aromatic carbocycles. The van der Waals surface area contributed by atoms with Crippen molar-refractivity contribution < 1.29 is 4.74 Å². The highest BCUT2D eigenvalue weighted by atomic mass is 16.5. The second kappa shape index (κ2) is 6.82. The minimum absolute atomic E-state index is 0.870. The van der Waals surface area contributed by atoms with E-state index in [1.807, 2.05) is 0 Å². The molecule has 0 radical (unpaired) electrons. The number of benzene rings is 1. The van der Waals surface area contributed by atoms with Gasteiger partial charge in [0.05, 0.1) is 7.11 Å². The maximum absolute atomic E-state index is 5.45. The van der Waals surface area contributed by atoms with Crippen LogP contribution < -0.4 is 4.74 Å². The monoisotopic (exact) mass is 246 g/mol. The Balaban J connectivity index is 1.87. The van der Waals surface area contributed by atoms with Crippen LogP contribution in [0.15, 0.2) is 24.3 Å². The smallest absolute Gasteiger partial charge is 0.122 e. The zero-order valence-electron chi connectivity index (χ0n) is 11.8. The quantitative estimate of drug-likeness (QED) is 0.722. The lowest BCUT2D eigenvalue weighted by Gasteiger charge is -2.28. The molecule has 100 valence electrons. The van der Waals surface area contributed by atoms with E-state index in [1.165, 1.54) is 50.5 Å². The van der Waals surface area contributed by atoms with E-state index in [-0.39, 0.29) is 0 Å². The SMILES string of the molecule is CCCC1CCC(Cc2ccccc2OC)CC1. The fourth-order valence-electron chi connectivity index (χ4n) is 3.32. The van der Waals surface area contributed by atoms with Gasteiger partial charge in [-0.25, -0.2) is 0 Å². The molecule has 0 amide bonds. The van der Waals surface area contributed by atoms with Crippen molar-refractivity contribution in [2.75, 3.05) is 7.11 Å². The molecule has 1 saturated carbocycles. The van der Waals surface area contributed by atoms with Crippen molar-refractivity contribution in [1.29, 1.82) is 0 Å². The summed E-state index contributed by atoms with van der Waals surface area (Å²) in [6, 6.07) is 8.48. The molecule has 0 aromatic heterocycles. The predicted octanol–water partition coefficient (Wildman–Crippen LogP) is 4.84. The van der Waals surface area contributed by atoms with Crippen LogP contribution in [0.3, 0.4) is 0 Å². The number of ether oxygens (including phenoxy) is 1. The standard InChI is InChI=1S/C17H26O/c1-3-6-14-9-11-15(12-10-14)13-16-7-4-5-8-17(16)18-2/h4-5,7-8,14-15H,3,6,9-13H2,1-2H3. The number of hydrogen-bond donors (Lipinski definition) is 0. The molecule has 0 saturated heterocycles. The molecule has 0 unspecified atom stereocenters. The molecular weight excluding hydrogens is 220 g/mol. The van der Waals surface area contributed by atoms with E-state index in [9.17, 15) is 0 Å². The van der Waals surface area contributed by atoms with Crippen molar-refractivity contribution >= 4 is 0 Å². The number of para-hydroxylation sites is 1. The van der Waals surface area contributed by atoms with Gasteiger partial charge in [-0.05, 0) is 42.7 Å². The topological polar surface area (TPSA) is 9.23 Å². The molecule has 1 aliphatic carbocycles. The summed E-state index contributed by atoms with van der Waals surface area (Å²) >= 11 is 0. The highest BCUT2D eigenvalue weighted by Crippen LogP contribution is 2.34. The molecule has 2 rings (SSSR count). The lowest BCUT2D eigenvalue weighted by atomic mass is 9.78. The number of rotatable bonds is 5. The van der Waals surface area contributed by atoms with Gasteiger partial charge < -0.3 is 4.74 Å². The molecule has 0 spiro atoms. The first-order valence-electron chi connectivity index (χ1n) is 7.45. The molecule has 0 aliphatic heterocycles. The van der Waals surface area contributed by atoms with Crippen LogP contribution in [0.4, 0.5) is 0 Å². The van der Waals surface area contributed by atoms with Gasteiger partial charge in [-0.1, -0.05) is 50.8 Å². The van der Waals surface area contributed by atoms with Crippen molar-refractivity contribution in [3.63, 3.8) is 0 Å². The summed E-state index contributed by atoms with van der Waals surface area (Å²) in [7, 11) is 1.77. The highest BCUT2D eigenvalue weighted by Gasteiger charge is 2.21. The van der Waals surface area contributed by atoms with E-state index >= 15 is 0 Å². The first-order valence-corrected chi connectivity index (χ1v) is 7.45. The number of hydrogen-bond acceptors (Lipinski definition) is 1. The fraction of sp³-hybridized carbons (Fsp3) is 0.647. The normalized spacial score (nSPS) is 23.9. The van der Waals surface area contributed by atoms with E-state index in [1.54, 1.807) is 7.11 Å². The highest BCUT2D eigenvalue weighted by molar-refractivity contribution is 5.33. The average molecular weight is 246 g/mol. The lowest BCUT2D eigenvalue weighted by Crippen LogP contribution is -2.16. The van der Waals surface area contributed by atoms with E-state index < -0.39 is 0 Å². The maximum atomic E-state index is 5.45. The Morgan fingerprint density at radius 1 is 1.06 bits per heavy atom. The maximum Gasteiger partial charge on any atom is 0.122 e. The Morgan fingerprint density at radius 2 is 1.72 bits per heavy atom. The van der Waals surface area contributed by atoms with Gasteiger partial charge in [0.2, 0.25) is 0 Å². The molecule has 0 heterocycles. The van der Waals surface area contributed by atoms with Crippen molar-refractivity contribution in [3.05, 3.63) is 29.8 Å². The average Bonchev–Trinajstić information content (AvgIpc) is 2.42. The largest absolute Gasteiger partial charge is 0.496 e. The fourth-order valence-corrected chi connectivity index (χ4v) is 3.32. The molecule has 1 aliphatic rings. The van der Waals surface area contributed by atoms with Crippen LogP contribution in [0.5, 0.6) is 5.75 Å². The molecule has 1 nitrogen and oxygen atoms in total. The summed E-state index contributed by atoms with van der Waals surface area (Å²) in [4.78, 5) is 0. The Bertz CT molecular complexity index is 350. The molecule has 0 atom stereocenters. The van der Waals surface area contributed by atoms with Crippen LogP contribution in [0.25, 0.3) is 0 Å². The van der Waals surface area contributed by atoms with E-state index in [2.05, 4.69) is 31.2 Å². The van der Waals surface area contributed by atoms with Gasteiger partial charge in [0.25, 0.3) is 0 Å². The zero-order valence-corrected chi connectivity index (χ0v) is 11.8. The molecule has 1 heteroatoms. The molecule has 0 N–H and O–H groups in total. The van der Waals surface area contributed by atoms with Crippen molar-refractivity contribution in [2.45, 2.75) is 51.9 Å². The van der Waals surface area contributed by atoms with Gasteiger partial charge in [-0.15, -0.1) is 0 Å². The van der Waals surface area contributed by atoms with Crippen LogP contribution in [0.2, 0.25) is 0 Å². The first-order chi connectivity index (χ1) is 8.83. The lowest BCUT2D eigenvalue weighted by molar-refractivity contribution is 0.259. The summed E-state index contributed by atoms with van der Waals surface area (Å²) < 4.78 is 5.45. The molecular formula is C17H26O. The summed E-state index contributed by atoms with van der Waals surface area (Å²) in [5, 5.41) is 0. The summed E-state index contributed by atoms with van der Waals surface area (Å²) in [6.07, 6.45) is 9.67. The van der Waals surface area contributed by atoms with Gasteiger partial charge in [0.1, 0.15) is 5.75 Å². The van der Waals surface area contributed by atoms with Crippen LogP contribution in [-0.4, -0.2) is 7.11 Å². The van der Waals surface area contributed by atoms with Gasteiger partial charge in [0, 0.05) is 0 Å². The van der Waals surface area contributed by atoms with Gasteiger partial charge >= 0.3 is 0 Å². The summed E-state index contributed by atoms with van der Waals surface area (Å²) in [5.41, 5.74) is 1.39. The van der Waals surface area contributed by atoms with E-state index in [4.69, 9.17) is 4.74 Å². The second-order valence-corrected chi connectivity index (χ2v) is 5.69. The van der Waals surface area contributed by atoms with Crippen LogP contribution in [0, 0.1) is 11.8 Å². The van der Waals surface area contributed by atoms with E-state index in [0.29, 0.717) is 0 Å². The minimum Gasteiger partial charge on any atom is -0.496 e. The minimum atomic E-state index is 0.870. The third-order valence-electron chi connectivity index (χ3n) is 4.36. The van der Waals surface area contributed by atoms with Crippen LogP contribution in [-0.2, 0) is 6.42 Å². The Kier molecular flexibility index (Phi) is 5.10. The molecule has 1 fully saturated rings. The molecule has 1 aromatic rings. The van der Waals surface area contributed by atoms with Gasteiger partial charge in [0.15, 0.2) is 0 Å². The Hall–Kier alpha value is -0.980. The Labute approximate surface area is 112 Å². The second-order valence-electron chi connectivity index (χ2n) is 5.69. The molecule has 0 bridgehead atoms. The first kappa shape index (κ1) is 13.5.